The summed E-state index contributed by atoms with van der Waals surface area (Å²) in [4.78, 5) is 8.90. The molecule has 0 saturated heterocycles. The van der Waals surface area contributed by atoms with Crippen LogP contribution in [0.25, 0.3) is 41.2 Å². The Bertz CT molecular complexity index is 4050. The molecule has 444 valence electrons. The van der Waals surface area contributed by atoms with Gasteiger partial charge < -0.3 is 29.9 Å². The molecule has 0 unspecified atom stereocenters. The molecular weight excluding hydrogens is 1310 g/mol. The van der Waals surface area contributed by atoms with E-state index in [2.05, 4.69) is 70.0 Å². The van der Waals surface area contributed by atoms with Gasteiger partial charge in [0.15, 0.2) is 0 Å². The highest BCUT2D eigenvalue weighted by atomic mass is 79.9. The van der Waals surface area contributed by atoms with Crippen LogP contribution in [-0.2, 0) is 32.8 Å². The van der Waals surface area contributed by atoms with E-state index in [1.54, 1.807) is 93.2 Å². The van der Waals surface area contributed by atoms with Crippen molar-refractivity contribution >= 4 is 150 Å². The molecule has 0 amide bonds. The van der Waals surface area contributed by atoms with Gasteiger partial charge in [0.1, 0.15) is 17.2 Å². The summed E-state index contributed by atoms with van der Waals surface area (Å²) in [6, 6.07) is 65.0. The zero-order chi connectivity index (χ0) is 61.1. The molecule has 0 saturated carbocycles. The molecule has 9 aromatic carbocycles. The van der Waals surface area contributed by atoms with Crippen molar-refractivity contribution in [3.05, 3.63) is 271 Å². The first-order valence-electron chi connectivity index (χ1n) is 27.6. The predicted molar refractivity (Wildman–Crippen MR) is 372 cm³/mol. The zero-order valence-corrected chi connectivity index (χ0v) is 55.4. The van der Waals surface area contributed by atoms with Crippen LogP contribution in [0.1, 0.15) is 45.6 Å². The molecule has 13 aromatic rings. The Morgan fingerprint density at radius 3 is 1.34 bits per heavy atom. The summed E-state index contributed by atoms with van der Waals surface area (Å²) in [6.07, 6.45) is 1.78. The van der Waals surface area contributed by atoms with Gasteiger partial charge >= 0.3 is 0 Å². The third-order valence-electron chi connectivity index (χ3n) is 13.4. The third-order valence-corrected chi connectivity index (χ3v) is 22.6. The molecular formula is C71H61BrClFO6S7. The van der Waals surface area contributed by atoms with Gasteiger partial charge in [-0.1, -0.05) is 189 Å². The van der Waals surface area contributed by atoms with Crippen LogP contribution in [-0.4, -0.2) is 32.1 Å². The van der Waals surface area contributed by atoms with Crippen molar-refractivity contribution in [3.63, 3.8) is 0 Å². The number of furan rings is 1. The monoisotopic (exact) mass is 1370 g/mol. The maximum absolute atomic E-state index is 13.3. The molecule has 0 spiro atoms. The van der Waals surface area contributed by atoms with Crippen LogP contribution < -0.4 is 0 Å². The Labute approximate surface area is 548 Å². The Kier molecular flexibility index (Phi) is 25.1. The quantitative estimate of drug-likeness (QED) is 0.0680. The van der Waals surface area contributed by atoms with Crippen molar-refractivity contribution in [1.29, 1.82) is 0 Å². The summed E-state index contributed by atoms with van der Waals surface area (Å²) >= 11 is 21.2. The highest BCUT2D eigenvalue weighted by Gasteiger charge is 2.15. The molecule has 0 bridgehead atoms. The van der Waals surface area contributed by atoms with Crippen molar-refractivity contribution in [1.82, 2.24) is 0 Å². The van der Waals surface area contributed by atoms with Gasteiger partial charge in [0.2, 0.25) is 0 Å². The van der Waals surface area contributed by atoms with E-state index in [0.29, 0.717) is 0 Å². The van der Waals surface area contributed by atoms with Gasteiger partial charge in [-0.05, 0) is 146 Å². The number of thiophene rings is 3. The van der Waals surface area contributed by atoms with E-state index in [1.807, 2.05) is 158 Å². The van der Waals surface area contributed by atoms with Crippen LogP contribution in [0.4, 0.5) is 4.39 Å². The molecule has 16 heteroatoms. The molecule has 0 fully saturated rings. The fourth-order valence-corrected chi connectivity index (χ4v) is 17.1. The number of aliphatic hydroxyl groups is 5. The Hall–Kier alpha value is -5.70. The molecule has 6 nitrogen and oxygen atoms in total. The summed E-state index contributed by atoms with van der Waals surface area (Å²) in [5, 5.41) is 57.8. The summed E-state index contributed by atoms with van der Waals surface area (Å²) < 4.78 is 23.8. The van der Waals surface area contributed by atoms with Gasteiger partial charge in [0.05, 0.1) is 31.3 Å². The lowest BCUT2D eigenvalue weighted by Gasteiger charge is -2.06. The fraction of sp³-hybridized carbons (Fsp3) is 0.127. The first kappa shape index (κ1) is 65.7. The second-order valence-corrected chi connectivity index (χ2v) is 27.8. The van der Waals surface area contributed by atoms with E-state index in [4.69, 9.17) is 21.1 Å². The SMILES string of the molecule is Cc1ccc2scc(Sc3ccccc3CO)c2c1.Cc1oc2ccccc2c1Sc1ccccc1CO.OCCCc1ccccc1Br.OCc1ccccc1Sc1csc2ccc(Cl)cc12.OCc1ccccc1Sc1csc2ccc(F)cc12. The summed E-state index contributed by atoms with van der Waals surface area (Å²) in [7, 11) is 0. The van der Waals surface area contributed by atoms with Crippen molar-refractivity contribution in [3.8, 4) is 0 Å². The molecule has 0 aliphatic carbocycles. The molecule has 0 aliphatic heterocycles. The van der Waals surface area contributed by atoms with Crippen LogP contribution in [0.5, 0.6) is 0 Å². The van der Waals surface area contributed by atoms with Crippen LogP contribution in [0, 0.1) is 19.7 Å². The number of halogens is 3. The minimum Gasteiger partial charge on any atom is -0.460 e. The molecule has 87 heavy (non-hydrogen) atoms. The lowest BCUT2D eigenvalue weighted by Crippen LogP contribution is -1.89. The Balaban J connectivity index is 0.000000131. The number of fused-ring (bicyclic) bond motifs is 4. The molecule has 4 heterocycles. The number of hydrogen-bond acceptors (Lipinski definition) is 13. The lowest BCUT2D eigenvalue weighted by atomic mass is 10.1. The van der Waals surface area contributed by atoms with E-state index in [9.17, 15) is 24.8 Å². The normalized spacial score (nSPS) is 10.9. The minimum atomic E-state index is -0.219. The Morgan fingerprint density at radius 1 is 0.437 bits per heavy atom. The number of benzene rings is 9. The molecule has 0 aliphatic rings. The molecule has 4 aromatic heterocycles. The zero-order valence-electron chi connectivity index (χ0n) is 47.4. The van der Waals surface area contributed by atoms with Crippen molar-refractivity contribution in [2.75, 3.05) is 6.61 Å². The second-order valence-electron chi connectivity index (χ2n) is 19.5. The van der Waals surface area contributed by atoms with Gasteiger partial charge in [-0.25, -0.2) is 4.39 Å². The van der Waals surface area contributed by atoms with Crippen molar-refractivity contribution < 1.29 is 34.3 Å². The van der Waals surface area contributed by atoms with E-state index >= 15 is 0 Å². The largest absolute Gasteiger partial charge is 0.460 e. The van der Waals surface area contributed by atoms with Gasteiger partial charge in [-0.3, -0.25) is 0 Å². The van der Waals surface area contributed by atoms with E-state index in [1.165, 1.54) is 47.2 Å². The maximum Gasteiger partial charge on any atom is 0.135 e. The molecule has 0 radical (unpaired) electrons. The van der Waals surface area contributed by atoms with Gasteiger partial charge in [-0.2, -0.15) is 0 Å². The van der Waals surface area contributed by atoms with E-state index < -0.39 is 0 Å². The second kappa shape index (κ2) is 33.2. The van der Waals surface area contributed by atoms with Crippen molar-refractivity contribution in [2.45, 2.75) is 92.3 Å². The van der Waals surface area contributed by atoms with Crippen LogP contribution in [0.3, 0.4) is 0 Å². The average Bonchev–Trinajstić information content (AvgIpc) is 4.36. The predicted octanol–water partition coefficient (Wildman–Crippen LogP) is 21.5. The number of para-hydroxylation sites is 1. The number of aryl methyl sites for hydroxylation is 3. The smallest absolute Gasteiger partial charge is 0.135 e. The minimum absolute atomic E-state index is 0.0135. The number of aliphatic hydroxyl groups excluding tert-OH is 5. The summed E-state index contributed by atoms with van der Waals surface area (Å²) in [5.74, 6) is 0.696. The van der Waals surface area contributed by atoms with Gasteiger partial charge in [0, 0.05) is 102 Å². The number of rotatable bonds is 15. The fourth-order valence-electron chi connectivity index (χ4n) is 8.96. The molecule has 5 N–H and O–H groups in total. The van der Waals surface area contributed by atoms with Crippen LogP contribution in [0.2, 0.25) is 5.02 Å². The van der Waals surface area contributed by atoms with E-state index in [0.717, 1.165) is 101 Å². The lowest BCUT2D eigenvalue weighted by molar-refractivity contribution is 0.278. The van der Waals surface area contributed by atoms with Crippen LogP contribution >= 0.6 is 109 Å². The maximum atomic E-state index is 13.3. The molecule has 13 rings (SSSR count). The van der Waals surface area contributed by atoms with Gasteiger partial charge in [-0.15, -0.1) is 34.0 Å². The highest BCUT2D eigenvalue weighted by molar-refractivity contribution is 9.10. The molecule has 0 atom stereocenters. The van der Waals surface area contributed by atoms with E-state index in [-0.39, 0.29) is 38.9 Å². The van der Waals surface area contributed by atoms with Crippen molar-refractivity contribution in [2.24, 2.45) is 0 Å². The number of hydrogen-bond donors (Lipinski definition) is 5. The first-order chi connectivity index (χ1) is 42.5. The highest BCUT2D eigenvalue weighted by Crippen LogP contribution is 2.43. The first-order valence-corrected chi connectivity index (χ1v) is 34.6. The van der Waals surface area contributed by atoms with Gasteiger partial charge in [0.25, 0.3) is 0 Å². The standard InChI is InChI=1S/C16H14O2S.C16H14OS2.C15H11ClOS2.C15H11FOS2.C9H11BrO/c1-11-16(13-7-3-4-8-14(13)18-11)19-15-9-5-2-6-12(15)10-17;1-11-6-7-15-13(8-11)16(10-18-15)19-14-5-3-2-4-12(14)9-17;2*16-11-5-6-14-12(7-11)15(9-18-14)19-13-4-2-1-3-10(13)8-17;10-9-6-2-1-4-8(9)5-3-7-11/h2-9,17H,10H2,1H3;2-8,10,17H,9H2,1H3;2*1-7,9,17H,8H2;1-2,4,6,11H,3,5,7H2. The average molecular weight is 1370 g/mol. The third kappa shape index (κ3) is 17.8. The summed E-state index contributed by atoms with van der Waals surface area (Å²) in [6.45, 7) is 4.58. The summed E-state index contributed by atoms with van der Waals surface area (Å²) in [5.41, 5.74) is 7.22. The Morgan fingerprint density at radius 2 is 0.851 bits per heavy atom. The van der Waals surface area contributed by atoms with Crippen LogP contribution in [0.15, 0.2) is 264 Å². The topological polar surface area (TPSA) is 114 Å².